The topological polar surface area (TPSA) is 35.1 Å². The third-order valence-corrected chi connectivity index (χ3v) is 2.29. The second kappa shape index (κ2) is 5.00. The first kappa shape index (κ1) is 11.8. The molecule has 0 saturated carbocycles. The first-order valence-electron chi connectivity index (χ1n) is 5.08. The highest BCUT2D eigenvalue weighted by Crippen LogP contribution is 2.02. The Bertz CT molecular complexity index is 330. The Morgan fingerprint density at radius 1 is 1.73 bits per heavy atom. The van der Waals surface area contributed by atoms with Gasteiger partial charge in [0.1, 0.15) is 12.4 Å². The quantitative estimate of drug-likeness (QED) is 0.381. The number of hydrogen-bond acceptors (Lipinski definition) is 2. The third-order valence-electron chi connectivity index (χ3n) is 2.29. The summed E-state index contributed by atoms with van der Waals surface area (Å²) in [5.74, 6) is -0.400. The van der Waals surface area contributed by atoms with Crippen molar-refractivity contribution in [2.45, 2.75) is 19.7 Å². The van der Waals surface area contributed by atoms with Crippen LogP contribution in [0.15, 0.2) is 12.4 Å². The van der Waals surface area contributed by atoms with E-state index in [4.69, 9.17) is 4.74 Å². The van der Waals surface area contributed by atoms with Crippen molar-refractivity contribution < 1.29 is 14.1 Å². The molecule has 0 saturated heterocycles. The van der Waals surface area contributed by atoms with Crippen LogP contribution in [0.2, 0.25) is 5.82 Å². The molecule has 4 nitrogen and oxygen atoms in total. The Kier molecular flexibility index (Phi) is 3.94. The first-order chi connectivity index (χ1) is 7.06. The van der Waals surface area contributed by atoms with E-state index in [1.54, 1.807) is 0 Å². The summed E-state index contributed by atoms with van der Waals surface area (Å²) in [6, 6.07) is 0. The van der Waals surface area contributed by atoms with E-state index >= 15 is 0 Å². The van der Waals surface area contributed by atoms with E-state index < -0.39 is 0 Å². The number of hydrogen-bond donors (Lipinski definition) is 0. The monoisotopic (exact) mass is 208 g/mol. The highest BCUT2D eigenvalue weighted by Gasteiger charge is 2.08. The molecule has 0 spiro atoms. The normalized spacial score (nSPS) is 12.5. The summed E-state index contributed by atoms with van der Waals surface area (Å²) in [6.45, 7) is 4.08. The molecule has 1 aromatic heterocycles. The van der Waals surface area contributed by atoms with Crippen LogP contribution in [0.3, 0.4) is 0 Å². The van der Waals surface area contributed by atoms with Crippen molar-refractivity contribution in [2.24, 2.45) is 14.1 Å². The maximum Gasteiger partial charge on any atom is 0.268 e. The average Bonchev–Trinajstić information content (AvgIpc) is 2.49. The fraction of sp³-hybridized carbons (Fsp3) is 0.600. The molecule has 0 aromatic carbocycles. The third kappa shape index (κ3) is 2.84. The van der Waals surface area contributed by atoms with Gasteiger partial charge in [0, 0.05) is 5.72 Å². The summed E-state index contributed by atoms with van der Waals surface area (Å²) < 4.78 is 8.88. The lowest BCUT2D eigenvalue weighted by Crippen LogP contribution is -2.51. The Morgan fingerprint density at radius 2 is 2.40 bits per heavy atom. The summed E-state index contributed by atoms with van der Waals surface area (Å²) in [5, 5.41) is 0. The van der Waals surface area contributed by atoms with E-state index in [9.17, 15) is 4.79 Å². The maximum absolute atomic E-state index is 11.4. The standard InChI is InChI=1S/C10H17BN2O2/c1-5-15-9(14)8(2)11-10-12(3)6-7-13(10)4/h6-8H,5H2,1-4H3. The molecule has 1 aromatic rings. The van der Waals surface area contributed by atoms with E-state index in [-0.39, 0.29) is 11.8 Å². The zero-order valence-electron chi connectivity index (χ0n) is 9.73. The van der Waals surface area contributed by atoms with Gasteiger partial charge in [-0.25, -0.2) is 0 Å². The predicted molar refractivity (Wildman–Crippen MR) is 58.0 cm³/mol. The number of rotatable bonds is 4. The van der Waals surface area contributed by atoms with Crippen molar-refractivity contribution in [3.63, 3.8) is 0 Å². The fourth-order valence-corrected chi connectivity index (χ4v) is 1.40. The first-order valence-corrected chi connectivity index (χ1v) is 5.08. The fourth-order valence-electron chi connectivity index (χ4n) is 1.40. The molecule has 1 atom stereocenters. The van der Waals surface area contributed by atoms with Gasteiger partial charge in [-0.15, -0.1) is 5.82 Å². The second-order valence-corrected chi connectivity index (χ2v) is 3.59. The van der Waals surface area contributed by atoms with Crippen molar-refractivity contribution in [1.29, 1.82) is 0 Å². The smallest absolute Gasteiger partial charge is 0.268 e. The lowest BCUT2D eigenvalue weighted by Gasteiger charge is -2.20. The Hall–Kier alpha value is -1.26. The number of esters is 1. The van der Waals surface area contributed by atoms with Crippen LogP contribution in [-0.2, 0) is 23.6 Å². The van der Waals surface area contributed by atoms with Crippen molar-refractivity contribution in [1.82, 2.24) is 4.57 Å². The van der Waals surface area contributed by atoms with E-state index in [0.29, 0.717) is 6.61 Å². The predicted octanol–water partition coefficient (Wildman–Crippen LogP) is -0.449. The molecule has 82 valence electrons. The zero-order valence-corrected chi connectivity index (χ0v) is 9.73. The molecule has 2 radical (unpaired) electrons. The van der Waals surface area contributed by atoms with Crippen LogP contribution in [0.1, 0.15) is 13.8 Å². The van der Waals surface area contributed by atoms with Crippen LogP contribution in [0, 0.1) is 0 Å². The number of carbonyl (C=O) groups is 1. The second-order valence-electron chi connectivity index (χ2n) is 3.59. The summed E-state index contributed by atoms with van der Waals surface area (Å²) in [6.07, 6.45) is 3.90. The molecule has 5 heteroatoms. The summed E-state index contributed by atoms with van der Waals surface area (Å²) in [7, 11) is 5.80. The largest absolute Gasteiger partial charge is 0.468 e. The molecule has 1 unspecified atom stereocenters. The number of aryl methyl sites for hydroxylation is 2. The average molecular weight is 208 g/mol. The SMILES string of the molecule is CCOC(=O)C(C)[B-]c1n(C)cc[n+]1C. The van der Waals surface area contributed by atoms with Crippen molar-refractivity contribution in [3.8, 4) is 0 Å². The molecule has 0 amide bonds. The van der Waals surface area contributed by atoms with Gasteiger partial charge in [0.2, 0.25) is 0 Å². The van der Waals surface area contributed by atoms with Gasteiger partial charge in [0.15, 0.2) is 0 Å². The van der Waals surface area contributed by atoms with Crippen LogP contribution in [0.5, 0.6) is 0 Å². The van der Waals surface area contributed by atoms with Gasteiger partial charge in [-0.1, -0.05) is 6.92 Å². The number of carbonyl (C=O) groups excluding carboxylic acids is 1. The summed E-state index contributed by atoms with van der Waals surface area (Å²) >= 11 is 0. The Balaban J connectivity index is 2.66. The van der Waals surface area contributed by atoms with Crippen LogP contribution < -0.4 is 10.3 Å². The number of ether oxygens (including phenoxy) is 1. The number of nitrogens with zero attached hydrogens (tertiary/aromatic N) is 2. The van der Waals surface area contributed by atoms with Crippen molar-refractivity contribution in [3.05, 3.63) is 12.4 Å². The summed E-state index contributed by atoms with van der Waals surface area (Å²) in [5.41, 5.74) is 0.996. The molecule has 0 aliphatic heterocycles. The minimum Gasteiger partial charge on any atom is -0.468 e. The van der Waals surface area contributed by atoms with Gasteiger partial charge in [-0.2, -0.15) is 7.28 Å². The molecule has 0 aliphatic carbocycles. The minimum atomic E-state index is -0.218. The van der Waals surface area contributed by atoms with Crippen LogP contribution >= 0.6 is 0 Å². The van der Waals surface area contributed by atoms with E-state index in [2.05, 4.69) is 0 Å². The van der Waals surface area contributed by atoms with E-state index in [1.807, 2.05) is 56.8 Å². The van der Waals surface area contributed by atoms with Gasteiger partial charge in [0.25, 0.3) is 5.97 Å². The lowest BCUT2D eigenvalue weighted by molar-refractivity contribution is -0.653. The van der Waals surface area contributed by atoms with Crippen LogP contribution in [0.25, 0.3) is 0 Å². The zero-order chi connectivity index (χ0) is 11.4. The van der Waals surface area contributed by atoms with Crippen LogP contribution in [0.4, 0.5) is 0 Å². The molecule has 1 rings (SSSR count). The molecule has 0 aliphatic rings. The Labute approximate surface area is 91.1 Å². The molecule has 0 fully saturated rings. The summed E-state index contributed by atoms with van der Waals surface area (Å²) in [4.78, 5) is 11.4. The van der Waals surface area contributed by atoms with Gasteiger partial charge in [0.05, 0.1) is 20.7 Å². The maximum atomic E-state index is 11.4. The van der Waals surface area contributed by atoms with Gasteiger partial charge < -0.3 is 4.74 Å². The highest BCUT2D eigenvalue weighted by atomic mass is 16.5. The molecule has 0 bridgehead atoms. The van der Waals surface area contributed by atoms with Crippen molar-refractivity contribution in [2.75, 3.05) is 6.61 Å². The van der Waals surface area contributed by atoms with Crippen molar-refractivity contribution >= 4 is 19.0 Å². The Morgan fingerprint density at radius 3 is 2.87 bits per heavy atom. The lowest BCUT2D eigenvalue weighted by atomic mass is 9.64. The molecule has 0 N–H and O–H groups in total. The van der Waals surface area contributed by atoms with Gasteiger partial charge >= 0.3 is 0 Å². The minimum absolute atomic E-state index is 0.182. The van der Waals surface area contributed by atoms with E-state index in [0.717, 1.165) is 5.72 Å². The molecular weight excluding hydrogens is 191 g/mol. The molecule has 15 heavy (non-hydrogen) atoms. The molecular formula is C10H17BN2O2. The van der Waals surface area contributed by atoms with Gasteiger partial charge in [-0.3, -0.25) is 13.9 Å². The molecule has 1 heterocycles. The highest BCUT2D eigenvalue weighted by molar-refractivity contribution is 6.56. The van der Waals surface area contributed by atoms with E-state index in [1.165, 1.54) is 0 Å². The van der Waals surface area contributed by atoms with Crippen LogP contribution in [-0.4, -0.2) is 24.4 Å². The number of imidazole rings is 1. The number of aromatic nitrogens is 2. The van der Waals surface area contributed by atoms with Gasteiger partial charge in [-0.05, 0) is 6.92 Å².